The number of hydrogen-bond acceptors (Lipinski definition) is 2. The summed E-state index contributed by atoms with van der Waals surface area (Å²) in [5, 5.41) is 10.3. The zero-order valence-corrected chi connectivity index (χ0v) is 11.8. The molecule has 0 fully saturated rings. The molecule has 1 heterocycles. The molecule has 18 heavy (non-hydrogen) atoms. The Labute approximate surface area is 116 Å². The van der Waals surface area contributed by atoms with Gasteiger partial charge in [-0.1, -0.05) is 28.1 Å². The summed E-state index contributed by atoms with van der Waals surface area (Å²) in [7, 11) is 0. The van der Waals surface area contributed by atoms with Gasteiger partial charge in [0.2, 0.25) is 0 Å². The molecular formula is C15H17BrO2. The van der Waals surface area contributed by atoms with Gasteiger partial charge in [-0.25, -0.2) is 0 Å². The third kappa shape index (κ3) is 2.34. The quantitative estimate of drug-likeness (QED) is 0.795. The summed E-state index contributed by atoms with van der Waals surface area (Å²) in [6.07, 6.45) is 8.31. The molecule has 0 bridgehead atoms. The number of rotatable bonds is 1. The van der Waals surface area contributed by atoms with E-state index in [4.69, 9.17) is 4.74 Å². The second-order valence-electron chi connectivity index (χ2n) is 5.13. The minimum absolute atomic E-state index is 0.152. The van der Waals surface area contributed by atoms with Gasteiger partial charge in [0.25, 0.3) is 0 Å². The van der Waals surface area contributed by atoms with Crippen LogP contribution in [0.4, 0.5) is 0 Å². The number of halogens is 1. The lowest BCUT2D eigenvalue weighted by Gasteiger charge is -2.35. The number of allylic oxidation sites excluding steroid dienone is 2. The van der Waals surface area contributed by atoms with Crippen molar-refractivity contribution in [1.82, 2.24) is 0 Å². The third-order valence-corrected chi connectivity index (χ3v) is 4.39. The summed E-state index contributed by atoms with van der Waals surface area (Å²) in [5.41, 5.74) is 0.909. The summed E-state index contributed by atoms with van der Waals surface area (Å²) in [6, 6.07) is 5.87. The van der Waals surface area contributed by atoms with Gasteiger partial charge in [-0.2, -0.15) is 0 Å². The molecular weight excluding hydrogens is 292 g/mol. The lowest BCUT2D eigenvalue weighted by Crippen LogP contribution is -2.33. The highest BCUT2D eigenvalue weighted by Crippen LogP contribution is 2.40. The van der Waals surface area contributed by atoms with Gasteiger partial charge in [0.15, 0.2) is 0 Å². The number of fused-ring (bicyclic) bond motifs is 1. The average Bonchev–Trinajstić information content (AvgIpc) is 2.40. The van der Waals surface area contributed by atoms with Crippen LogP contribution in [-0.2, 0) is 0 Å². The summed E-state index contributed by atoms with van der Waals surface area (Å²) in [4.78, 5) is 0. The number of hydrogen-bond donors (Lipinski definition) is 1. The normalized spacial score (nSPS) is 30.7. The van der Waals surface area contributed by atoms with Gasteiger partial charge >= 0.3 is 0 Å². The number of aliphatic hydroxyl groups excluding tert-OH is 1. The van der Waals surface area contributed by atoms with Crippen LogP contribution < -0.4 is 4.74 Å². The zero-order chi connectivity index (χ0) is 12.5. The first kappa shape index (κ1) is 12.2. The molecule has 0 spiro atoms. The number of ether oxygens (including phenoxy) is 1. The predicted octanol–water partition coefficient (Wildman–Crippen LogP) is 3.99. The molecule has 0 saturated heterocycles. The van der Waals surface area contributed by atoms with Crippen molar-refractivity contribution in [2.75, 3.05) is 0 Å². The Balaban J connectivity index is 1.82. The van der Waals surface area contributed by atoms with E-state index in [1.54, 1.807) is 0 Å². The second-order valence-corrected chi connectivity index (χ2v) is 6.05. The van der Waals surface area contributed by atoms with Crippen molar-refractivity contribution in [2.45, 2.75) is 37.9 Å². The van der Waals surface area contributed by atoms with Crippen LogP contribution in [0.3, 0.4) is 0 Å². The average molecular weight is 309 g/mol. The molecule has 0 aromatic heterocycles. The van der Waals surface area contributed by atoms with Crippen molar-refractivity contribution < 1.29 is 9.84 Å². The predicted molar refractivity (Wildman–Crippen MR) is 74.6 cm³/mol. The van der Waals surface area contributed by atoms with Gasteiger partial charge in [0, 0.05) is 16.5 Å². The van der Waals surface area contributed by atoms with Crippen molar-refractivity contribution in [3.63, 3.8) is 0 Å². The summed E-state index contributed by atoms with van der Waals surface area (Å²) in [5.74, 6) is 1.39. The highest BCUT2D eigenvalue weighted by Gasteiger charge is 2.32. The van der Waals surface area contributed by atoms with Gasteiger partial charge in [-0.3, -0.25) is 0 Å². The molecule has 96 valence electrons. The summed E-state index contributed by atoms with van der Waals surface area (Å²) in [6.45, 7) is 0. The molecule has 1 aromatic carbocycles. The Morgan fingerprint density at radius 3 is 2.94 bits per heavy atom. The van der Waals surface area contributed by atoms with Crippen LogP contribution in [0.15, 0.2) is 34.8 Å². The lowest BCUT2D eigenvalue weighted by molar-refractivity contribution is 0.0314. The maximum Gasteiger partial charge on any atom is 0.125 e. The minimum Gasteiger partial charge on any atom is -0.490 e. The van der Waals surface area contributed by atoms with Gasteiger partial charge in [0.05, 0.1) is 6.10 Å². The zero-order valence-electron chi connectivity index (χ0n) is 10.2. The SMILES string of the molecule is OC1CC(C2CC=CCC2)Oc2ccc(Br)cc21. The van der Waals surface area contributed by atoms with Crippen molar-refractivity contribution in [3.8, 4) is 5.75 Å². The van der Waals surface area contributed by atoms with Crippen molar-refractivity contribution in [1.29, 1.82) is 0 Å². The minimum atomic E-state index is -0.401. The molecule has 1 aliphatic heterocycles. The van der Waals surface area contributed by atoms with Crippen LogP contribution in [-0.4, -0.2) is 11.2 Å². The van der Waals surface area contributed by atoms with Crippen LogP contribution in [0.5, 0.6) is 5.75 Å². The van der Waals surface area contributed by atoms with Gasteiger partial charge in [-0.15, -0.1) is 0 Å². The molecule has 0 saturated carbocycles. The van der Waals surface area contributed by atoms with Crippen molar-refractivity contribution >= 4 is 15.9 Å². The molecule has 3 rings (SSSR count). The molecule has 0 amide bonds. The van der Waals surface area contributed by atoms with E-state index in [1.165, 1.54) is 6.42 Å². The summed E-state index contributed by atoms with van der Waals surface area (Å²) >= 11 is 3.43. The number of aliphatic hydroxyl groups is 1. The Kier molecular flexibility index (Phi) is 3.44. The number of benzene rings is 1. The van der Waals surface area contributed by atoms with Crippen molar-refractivity contribution in [2.24, 2.45) is 5.92 Å². The largest absolute Gasteiger partial charge is 0.490 e. The lowest BCUT2D eigenvalue weighted by atomic mass is 9.84. The van der Waals surface area contributed by atoms with Gasteiger partial charge in [0.1, 0.15) is 11.9 Å². The molecule has 2 aliphatic rings. The third-order valence-electron chi connectivity index (χ3n) is 3.90. The van der Waals surface area contributed by atoms with Crippen LogP contribution in [0.2, 0.25) is 0 Å². The molecule has 3 unspecified atom stereocenters. The van der Waals surface area contributed by atoms with Gasteiger partial charge < -0.3 is 9.84 Å². The van der Waals surface area contributed by atoms with Gasteiger partial charge in [-0.05, 0) is 43.4 Å². The smallest absolute Gasteiger partial charge is 0.125 e. The maximum atomic E-state index is 10.3. The maximum absolute atomic E-state index is 10.3. The molecule has 2 nitrogen and oxygen atoms in total. The second kappa shape index (κ2) is 5.06. The van der Waals surface area contributed by atoms with Crippen LogP contribution in [0.25, 0.3) is 0 Å². The molecule has 3 heteroatoms. The standard InChI is InChI=1S/C15H17BrO2/c16-11-6-7-14-12(8-11)13(17)9-15(18-14)10-4-2-1-3-5-10/h1-2,6-8,10,13,15,17H,3-5,9H2. The van der Waals surface area contributed by atoms with E-state index in [0.717, 1.165) is 28.6 Å². The van der Waals surface area contributed by atoms with E-state index in [-0.39, 0.29) is 6.10 Å². The first-order chi connectivity index (χ1) is 8.74. The Morgan fingerprint density at radius 1 is 1.28 bits per heavy atom. The molecule has 0 radical (unpaired) electrons. The van der Waals surface area contributed by atoms with Crippen LogP contribution in [0, 0.1) is 5.92 Å². The Bertz CT molecular complexity index is 470. The molecule has 1 aliphatic carbocycles. The van der Waals surface area contributed by atoms with E-state index in [9.17, 15) is 5.11 Å². The molecule has 1 aromatic rings. The van der Waals surface area contributed by atoms with E-state index in [1.807, 2.05) is 18.2 Å². The fourth-order valence-electron chi connectivity index (χ4n) is 2.89. The van der Waals surface area contributed by atoms with E-state index in [2.05, 4.69) is 28.1 Å². The van der Waals surface area contributed by atoms with Crippen LogP contribution >= 0.6 is 15.9 Å². The first-order valence-corrected chi connectivity index (χ1v) is 7.32. The highest BCUT2D eigenvalue weighted by molar-refractivity contribution is 9.10. The van der Waals surface area contributed by atoms with E-state index in [0.29, 0.717) is 12.3 Å². The van der Waals surface area contributed by atoms with E-state index < -0.39 is 6.10 Å². The molecule has 3 atom stereocenters. The fourth-order valence-corrected chi connectivity index (χ4v) is 3.27. The fraction of sp³-hybridized carbons (Fsp3) is 0.467. The Morgan fingerprint density at radius 2 is 2.17 bits per heavy atom. The Hall–Kier alpha value is -0.800. The first-order valence-electron chi connectivity index (χ1n) is 6.53. The topological polar surface area (TPSA) is 29.5 Å². The monoisotopic (exact) mass is 308 g/mol. The van der Waals surface area contributed by atoms with Crippen molar-refractivity contribution in [3.05, 3.63) is 40.4 Å². The summed E-state index contributed by atoms with van der Waals surface area (Å²) < 4.78 is 7.07. The highest BCUT2D eigenvalue weighted by atomic mass is 79.9. The van der Waals surface area contributed by atoms with E-state index >= 15 is 0 Å². The van der Waals surface area contributed by atoms with Crippen LogP contribution in [0.1, 0.15) is 37.4 Å². The molecule has 1 N–H and O–H groups in total.